The zero-order valence-corrected chi connectivity index (χ0v) is 14.4. The lowest BCUT2D eigenvalue weighted by molar-refractivity contribution is -0.122. The van der Waals surface area contributed by atoms with Crippen molar-refractivity contribution >= 4 is 5.91 Å². The number of hydrogen-bond acceptors (Lipinski definition) is 3. The monoisotopic (exact) mass is 314 g/mol. The predicted octanol–water partition coefficient (Wildman–Crippen LogP) is 4.22. The molecule has 1 N–H and O–H groups in total. The molecular weight excluding hydrogens is 288 g/mol. The van der Waals surface area contributed by atoms with Gasteiger partial charge in [0, 0.05) is 24.4 Å². The molecule has 0 saturated heterocycles. The van der Waals surface area contributed by atoms with Crippen molar-refractivity contribution in [2.75, 3.05) is 0 Å². The summed E-state index contributed by atoms with van der Waals surface area (Å²) < 4.78 is 5.74. The summed E-state index contributed by atoms with van der Waals surface area (Å²) in [6.45, 7) is 8.40. The summed E-state index contributed by atoms with van der Waals surface area (Å²) in [6.07, 6.45) is 3.64. The van der Waals surface area contributed by atoms with Crippen molar-refractivity contribution in [1.82, 2.24) is 10.3 Å². The fourth-order valence-corrected chi connectivity index (χ4v) is 2.09. The van der Waals surface area contributed by atoms with E-state index in [9.17, 15) is 4.79 Å². The van der Waals surface area contributed by atoms with Gasteiger partial charge >= 0.3 is 0 Å². The van der Waals surface area contributed by atoms with Crippen molar-refractivity contribution < 1.29 is 9.21 Å². The Morgan fingerprint density at radius 2 is 1.96 bits per heavy atom. The zero-order chi connectivity index (χ0) is 16.9. The molecule has 0 aliphatic heterocycles. The van der Waals surface area contributed by atoms with Gasteiger partial charge in [-0.3, -0.25) is 4.79 Å². The Balaban J connectivity index is 1.79. The molecule has 0 saturated carbocycles. The van der Waals surface area contributed by atoms with Crippen molar-refractivity contribution in [3.05, 3.63) is 42.4 Å². The standard InChI is InChI=1S/C19H26N2O2/c1-14(19(2,3)4)21-17(22)11-8-12-18-20-13-16(23-18)15-9-6-5-7-10-15/h5-7,9-10,13-14H,8,11-12H2,1-4H3,(H,21,22). The quantitative estimate of drug-likeness (QED) is 0.868. The summed E-state index contributed by atoms with van der Waals surface area (Å²) in [4.78, 5) is 16.2. The first-order valence-corrected chi connectivity index (χ1v) is 8.16. The van der Waals surface area contributed by atoms with Crippen molar-refractivity contribution in [3.63, 3.8) is 0 Å². The summed E-state index contributed by atoms with van der Waals surface area (Å²) in [6, 6.07) is 10.0. The molecule has 1 heterocycles. The Morgan fingerprint density at radius 1 is 1.26 bits per heavy atom. The SMILES string of the molecule is CC(NC(=O)CCCc1ncc(-c2ccccc2)o1)C(C)(C)C. The van der Waals surface area contributed by atoms with E-state index in [2.05, 4.69) is 31.1 Å². The highest BCUT2D eigenvalue weighted by Crippen LogP contribution is 2.21. The van der Waals surface area contributed by atoms with E-state index in [-0.39, 0.29) is 17.4 Å². The molecule has 23 heavy (non-hydrogen) atoms. The fourth-order valence-electron chi connectivity index (χ4n) is 2.09. The first kappa shape index (κ1) is 17.3. The summed E-state index contributed by atoms with van der Waals surface area (Å²) in [5.74, 6) is 1.54. The third-order valence-corrected chi connectivity index (χ3v) is 4.08. The topological polar surface area (TPSA) is 55.1 Å². The van der Waals surface area contributed by atoms with Gasteiger partial charge in [-0.2, -0.15) is 0 Å². The molecule has 0 aliphatic rings. The minimum absolute atomic E-state index is 0.0722. The average molecular weight is 314 g/mol. The number of carbonyl (C=O) groups is 1. The molecule has 4 heteroatoms. The van der Waals surface area contributed by atoms with E-state index in [1.54, 1.807) is 6.20 Å². The molecule has 1 atom stereocenters. The number of carbonyl (C=O) groups excluding carboxylic acids is 1. The van der Waals surface area contributed by atoms with E-state index in [1.807, 2.05) is 37.3 Å². The first-order chi connectivity index (χ1) is 10.9. The van der Waals surface area contributed by atoms with Crippen molar-refractivity contribution in [2.24, 2.45) is 5.41 Å². The minimum atomic E-state index is 0.0722. The normalized spacial score (nSPS) is 12.9. The van der Waals surface area contributed by atoms with Crippen LogP contribution in [-0.2, 0) is 11.2 Å². The number of benzene rings is 1. The second kappa shape index (κ2) is 7.44. The number of rotatable bonds is 6. The van der Waals surface area contributed by atoms with Crippen molar-refractivity contribution in [2.45, 2.75) is 53.0 Å². The van der Waals surface area contributed by atoms with Crippen LogP contribution in [0.1, 0.15) is 46.4 Å². The lowest BCUT2D eigenvalue weighted by atomic mass is 9.88. The molecule has 0 radical (unpaired) electrons. The molecule has 2 rings (SSSR count). The highest BCUT2D eigenvalue weighted by atomic mass is 16.4. The van der Waals surface area contributed by atoms with Gasteiger partial charge in [0.15, 0.2) is 11.7 Å². The summed E-state index contributed by atoms with van der Waals surface area (Å²) in [7, 11) is 0. The number of hydrogen-bond donors (Lipinski definition) is 1. The number of aryl methyl sites for hydroxylation is 1. The number of amides is 1. The van der Waals surface area contributed by atoms with Gasteiger partial charge in [-0.15, -0.1) is 0 Å². The Kier molecular flexibility index (Phi) is 5.59. The van der Waals surface area contributed by atoms with Crippen LogP contribution in [0.5, 0.6) is 0 Å². The molecule has 1 aromatic heterocycles. The maximum absolute atomic E-state index is 12.0. The number of nitrogens with zero attached hydrogens (tertiary/aromatic N) is 1. The Morgan fingerprint density at radius 3 is 2.61 bits per heavy atom. The van der Waals surface area contributed by atoms with E-state index in [1.165, 1.54) is 0 Å². The largest absolute Gasteiger partial charge is 0.441 e. The maximum atomic E-state index is 12.0. The van der Waals surface area contributed by atoms with Crippen LogP contribution >= 0.6 is 0 Å². The maximum Gasteiger partial charge on any atom is 0.220 e. The summed E-state index contributed by atoms with van der Waals surface area (Å²) in [5.41, 5.74) is 1.09. The molecule has 0 aliphatic carbocycles. The van der Waals surface area contributed by atoms with E-state index in [0.717, 1.165) is 17.7 Å². The van der Waals surface area contributed by atoms with Gasteiger partial charge in [-0.1, -0.05) is 51.1 Å². The average Bonchev–Trinajstić information content (AvgIpc) is 2.96. The summed E-state index contributed by atoms with van der Waals surface area (Å²) in [5, 5.41) is 3.05. The van der Waals surface area contributed by atoms with Gasteiger partial charge < -0.3 is 9.73 Å². The predicted molar refractivity (Wildman–Crippen MR) is 91.9 cm³/mol. The van der Waals surface area contributed by atoms with Crippen LogP contribution in [0.3, 0.4) is 0 Å². The molecule has 2 aromatic rings. The fraction of sp³-hybridized carbons (Fsp3) is 0.474. The van der Waals surface area contributed by atoms with Gasteiger partial charge in [0.05, 0.1) is 6.20 Å². The van der Waals surface area contributed by atoms with E-state index >= 15 is 0 Å². The number of nitrogens with one attached hydrogen (secondary N) is 1. The molecule has 124 valence electrons. The van der Waals surface area contributed by atoms with Crippen LogP contribution < -0.4 is 5.32 Å². The van der Waals surface area contributed by atoms with Gasteiger partial charge in [-0.05, 0) is 18.8 Å². The smallest absolute Gasteiger partial charge is 0.220 e. The molecule has 0 bridgehead atoms. The van der Waals surface area contributed by atoms with E-state index in [0.29, 0.717) is 18.7 Å². The van der Waals surface area contributed by atoms with Gasteiger partial charge in [0.25, 0.3) is 0 Å². The Bertz CT molecular complexity index is 626. The lowest BCUT2D eigenvalue weighted by Gasteiger charge is -2.28. The molecule has 1 unspecified atom stereocenters. The van der Waals surface area contributed by atoms with Crippen LogP contribution in [0, 0.1) is 5.41 Å². The van der Waals surface area contributed by atoms with E-state index < -0.39 is 0 Å². The molecule has 0 spiro atoms. The summed E-state index contributed by atoms with van der Waals surface area (Å²) >= 11 is 0. The second-order valence-electron chi connectivity index (χ2n) is 6.99. The molecule has 1 aromatic carbocycles. The highest BCUT2D eigenvalue weighted by molar-refractivity contribution is 5.76. The lowest BCUT2D eigenvalue weighted by Crippen LogP contribution is -2.41. The molecule has 4 nitrogen and oxygen atoms in total. The number of oxazole rings is 1. The van der Waals surface area contributed by atoms with Gasteiger partial charge in [0.1, 0.15) is 0 Å². The molecular formula is C19H26N2O2. The van der Waals surface area contributed by atoms with E-state index in [4.69, 9.17) is 4.42 Å². The van der Waals surface area contributed by atoms with Crippen molar-refractivity contribution in [3.8, 4) is 11.3 Å². The molecule has 0 fully saturated rings. The minimum Gasteiger partial charge on any atom is -0.441 e. The van der Waals surface area contributed by atoms with Crippen LogP contribution in [-0.4, -0.2) is 16.9 Å². The second-order valence-corrected chi connectivity index (χ2v) is 6.99. The van der Waals surface area contributed by atoms with Crippen LogP contribution in [0.15, 0.2) is 40.9 Å². The van der Waals surface area contributed by atoms with Gasteiger partial charge in [-0.25, -0.2) is 4.98 Å². The highest BCUT2D eigenvalue weighted by Gasteiger charge is 2.21. The third-order valence-electron chi connectivity index (χ3n) is 4.08. The first-order valence-electron chi connectivity index (χ1n) is 8.16. The van der Waals surface area contributed by atoms with Crippen molar-refractivity contribution in [1.29, 1.82) is 0 Å². The Hall–Kier alpha value is -2.10. The Labute approximate surface area is 138 Å². The number of aromatic nitrogens is 1. The van der Waals surface area contributed by atoms with Crippen LogP contribution in [0.25, 0.3) is 11.3 Å². The molecule has 1 amide bonds. The third kappa shape index (κ3) is 5.23. The van der Waals surface area contributed by atoms with Crippen LogP contribution in [0.4, 0.5) is 0 Å². The zero-order valence-electron chi connectivity index (χ0n) is 14.4. The van der Waals surface area contributed by atoms with Gasteiger partial charge in [0.2, 0.25) is 5.91 Å². The van der Waals surface area contributed by atoms with Crippen LogP contribution in [0.2, 0.25) is 0 Å².